The topological polar surface area (TPSA) is 211 Å². The Morgan fingerprint density at radius 2 is 1.80 bits per heavy atom. The molecule has 2 aliphatic heterocycles. The van der Waals surface area contributed by atoms with Crippen molar-refractivity contribution in [2.75, 3.05) is 31.6 Å². The minimum absolute atomic E-state index is 0.141. The molecule has 3 aromatic rings. The van der Waals surface area contributed by atoms with Gasteiger partial charge in [0.1, 0.15) is 12.7 Å². The lowest BCUT2D eigenvalue weighted by molar-refractivity contribution is -0.0465. The third kappa shape index (κ3) is 7.42. The Morgan fingerprint density at radius 3 is 2.54 bits per heavy atom. The van der Waals surface area contributed by atoms with Crippen LogP contribution in [0.3, 0.4) is 0 Å². The first-order valence-corrected chi connectivity index (χ1v) is 15.3. The van der Waals surface area contributed by atoms with E-state index in [0.717, 1.165) is 5.56 Å². The highest BCUT2D eigenvalue weighted by molar-refractivity contribution is 7.55. The number of fused-ring (bicyclic) bond motifs is 1. The van der Waals surface area contributed by atoms with Crippen LogP contribution < -0.4 is 5.09 Å². The predicted molar refractivity (Wildman–Crippen MR) is 134 cm³/mol. The van der Waals surface area contributed by atoms with Gasteiger partial charge in [-0.1, -0.05) is 0 Å². The van der Waals surface area contributed by atoms with E-state index in [1.165, 1.54) is 12.7 Å². The van der Waals surface area contributed by atoms with E-state index >= 15 is 0 Å². The Kier molecular flexibility index (Phi) is 8.89. The second-order valence-corrected chi connectivity index (χ2v) is 12.2. The summed E-state index contributed by atoms with van der Waals surface area (Å²) < 4.78 is 67.8. The van der Waals surface area contributed by atoms with Crippen LogP contribution in [0.2, 0.25) is 0 Å². The zero-order valence-corrected chi connectivity index (χ0v) is 23.2. The Labute approximate surface area is 231 Å². The number of nitrogens with zero attached hydrogens (tertiary/aromatic N) is 5. The number of anilines is 1. The highest BCUT2D eigenvalue weighted by Gasteiger charge is 2.36. The normalized spacial score (nSPS) is 24.1. The van der Waals surface area contributed by atoms with Gasteiger partial charge < -0.3 is 23.5 Å². The highest BCUT2D eigenvalue weighted by Crippen LogP contribution is 2.55. The fourth-order valence-corrected chi connectivity index (χ4v) is 6.31. The van der Waals surface area contributed by atoms with Gasteiger partial charge in [0.25, 0.3) is 0 Å². The molecule has 1 N–H and O–H groups in total. The van der Waals surface area contributed by atoms with Crippen molar-refractivity contribution >= 4 is 44.6 Å². The lowest BCUT2D eigenvalue weighted by Crippen LogP contribution is -2.22. The fraction of sp³-hybridized carbons (Fsp3) is 0.429. The van der Waals surface area contributed by atoms with Gasteiger partial charge in [-0.15, -0.1) is 0 Å². The first-order chi connectivity index (χ1) is 19.7. The summed E-state index contributed by atoms with van der Waals surface area (Å²) in [6.07, 6.45) is 2.10. The molecular formula is C21H24N6O12P2. The highest BCUT2D eigenvalue weighted by atomic mass is 31.2. The van der Waals surface area contributed by atoms with Crippen molar-refractivity contribution in [3.05, 3.63) is 42.7 Å². The SMILES string of the molecule is C[C@H](Cn1cnc2c(NP3(=O)OCCC(c4ccncc4)O3)ncnc21)OCP1(=O)OCOC(=O)OC(=O)OCO1. The molecule has 0 spiro atoms. The average Bonchev–Trinajstić information content (AvgIpc) is 3.35. The van der Waals surface area contributed by atoms with Gasteiger partial charge in [-0.05, 0) is 24.6 Å². The number of carbonyl (C=O) groups is 2. The van der Waals surface area contributed by atoms with Gasteiger partial charge in [-0.2, -0.15) is 0 Å². The molecule has 0 aliphatic carbocycles. The summed E-state index contributed by atoms with van der Waals surface area (Å²) >= 11 is 0. The van der Waals surface area contributed by atoms with Crippen LogP contribution in [0.5, 0.6) is 0 Å². The summed E-state index contributed by atoms with van der Waals surface area (Å²) in [5, 5.41) is 2.75. The van der Waals surface area contributed by atoms with E-state index in [9.17, 15) is 18.7 Å². The van der Waals surface area contributed by atoms with Crippen molar-refractivity contribution in [2.24, 2.45) is 0 Å². The van der Waals surface area contributed by atoms with Crippen LogP contribution in [-0.4, -0.2) is 69.5 Å². The molecule has 2 fully saturated rings. The van der Waals surface area contributed by atoms with E-state index in [-0.39, 0.29) is 19.0 Å². The second-order valence-electron chi connectivity index (χ2n) is 8.50. The number of pyridine rings is 1. The summed E-state index contributed by atoms with van der Waals surface area (Å²) in [6.45, 7) is 0.445. The van der Waals surface area contributed by atoms with E-state index in [2.05, 4.69) is 39.2 Å². The number of nitrogens with one attached hydrogen (secondary N) is 1. The quantitative estimate of drug-likeness (QED) is 0.217. The van der Waals surface area contributed by atoms with Crippen LogP contribution in [-0.2, 0) is 52.7 Å². The van der Waals surface area contributed by atoms with Crippen LogP contribution in [0.25, 0.3) is 11.2 Å². The van der Waals surface area contributed by atoms with Crippen LogP contribution in [0.1, 0.15) is 25.0 Å². The maximum absolute atomic E-state index is 13.4. The van der Waals surface area contributed by atoms with Gasteiger partial charge in [0.05, 0.1) is 31.7 Å². The molecule has 3 atom stereocenters. The Bertz CT molecular complexity index is 1470. The first kappa shape index (κ1) is 29.0. The third-order valence-corrected chi connectivity index (χ3v) is 8.62. The monoisotopic (exact) mass is 614 g/mol. The minimum Gasteiger partial charge on any atom is -0.406 e. The summed E-state index contributed by atoms with van der Waals surface area (Å²) in [5.74, 6) is 0.141. The van der Waals surface area contributed by atoms with E-state index in [0.29, 0.717) is 17.6 Å². The number of hydrogen-bond acceptors (Lipinski definition) is 16. The Hall–Kier alpha value is -3.50. The molecule has 20 heteroatoms. The van der Waals surface area contributed by atoms with Crippen LogP contribution in [0, 0.1) is 0 Å². The van der Waals surface area contributed by atoms with Crippen molar-refractivity contribution in [3.63, 3.8) is 0 Å². The minimum atomic E-state index is -4.00. The van der Waals surface area contributed by atoms with Gasteiger partial charge >= 0.3 is 27.7 Å². The second kappa shape index (κ2) is 12.6. The van der Waals surface area contributed by atoms with Gasteiger partial charge in [-0.3, -0.25) is 32.7 Å². The molecule has 2 unspecified atom stereocenters. The number of hydrogen-bond donors (Lipinski definition) is 1. The molecule has 220 valence electrons. The zero-order chi connectivity index (χ0) is 28.9. The first-order valence-electron chi connectivity index (χ1n) is 12.0. The lowest BCUT2D eigenvalue weighted by Gasteiger charge is -2.29. The molecule has 41 heavy (non-hydrogen) atoms. The zero-order valence-electron chi connectivity index (χ0n) is 21.4. The summed E-state index contributed by atoms with van der Waals surface area (Å²) in [5.41, 5.74) is 1.49. The molecule has 0 radical (unpaired) electrons. The van der Waals surface area contributed by atoms with Crippen LogP contribution in [0.15, 0.2) is 37.2 Å². The van der Waals surface area contributed by atoms with E-state index < -0.39 is 59.8 Å². The summed E-state index contributed by atoms with van der Waals surface area (Å²) in [4.78, 5) is 39.3. The summed E-state index contributed by atoms with van der Waals surface area (Å²) in [7, 11) is -7.79. The third-order valence-electron chi connectivity index (χ3n) is 5.62. The van der Waals surface area contributed by atoms with Crippen molar-refractivity contribution in [3.8, 4) is 0 Å². The van der Waals surface area contributed by atoms with Crippen molar-refractivity contribution in [2.45, 2.75) is 32.1 Å². The van der Waals surface area contributed by atoms with Crippen molar-refractivity contribution in [1.29, 1.82) is 0 Å². The van der Waals surface area contributed by atoms with E-state index in [1.54, 1.807) is 36.0 Å². The molecule has 5 rings (SSSR count). The molecule has 2 aliphatic rings. The molecular weight excluding hydrogens is 590 g/mol. The van der Waals surface area contributed by atoms with Crippen molar-refractivity contribution < 1.29 is 55.8 Å². The molecule has 0 saturated carbocycles. The number of ether oxygens (including phenoxy) is 4. The Morgan fingerprint density at radius 1 is 1.07 bits per heavy atom. The average molecular weight is 614 g/mol. The van der Waals surface area contributed by atoms with Crippen molar-refractivity contribution in [1.82, 2.24) is 24.5 Å². The molecule has 18 nitrogen and oxygen atoms in total. The Balaban J connectivity index is 1.22. The molecule has 0 bridgehead atoms. The predicted octanol–water partition coefficient (Wildman–Crippen LogP) is 3.73. The van der Waals surface area contributed by atoms with Crippen LogP contribution >= 0.6 is 15.3 Å². The molecule has 2 saturated heterocycles. The molecule has 0 amide bonds. The number of aromatic nitrogens is 5. The van der Waals surface area contributed by atoms with Crippen LogP contribution in [0.4, 0.5) is 15.4 Å². The number of imidazole rings is 1. The fourth-order valence-electron chi connectivity index (χ4n) is 3.72. The number of rotatable bonds is 8. The molecule has 5 heterocycles. The van der Waals surface area contributed by atoms with Gasteiger partial charge in [0.2, 0.25) is 13.6 Å². The number of cyclic esters (lactones) is 4. The lowest BCUT2D eigenvalue weighted by atomic mass is 10.1. The summed E-state index contributed by atoms with van der Waals surface area (Å²) in [6, 6.07) is 3.56. The smallest absolute Gasteiger partial charge is 0.406 e. The molecule has 0 aromatic carbocycles. The van der Waals surface area contributed by atoms with E-state index in [4.69, 9.17) is 22.8 Å². The standard InChI is InChI=1S/C21H24N6O12P2/c1-14(34-13-40(30)36-11-32-20(28)38-21(29)33-12-37-40)8-27-10-25-17-18(23-9-24-19(17)27)26-41(31)35-7-4-16(39-41)15-2-5-22-6-3-15/h2-3,5-6,9-10,14,16H,4,7-8,11-13H2,1H3,(H,23,24,26,31)/t14-,16?,41?/m1/s1. The van der Waals surface area contributed by atoms with E-state index in [1.807, 2.05) is 0 Å². The van der Waals surface area contributed by atoms with Gasteiger partial charge in [-0.25, -0.2) is 29.1 Å². The molecule has 3 aromatic heterocycles. The maximum atomic E-state index is 13.4. The number of carbonyl (C=O) groups excluding carboxylic acids is 2. The maximum Gasteiger partial charge on any atom is 0.520 e. The van der Waals surface area contributed by atoms with Gasteiger partial charge in [0, 0.05) is 18.8 Å². The van der Waals surface area contributed by atoms with Gasteiger partial charge in [0.15, 0.2) is 17.0 Å². The largest absolute Gasteiger partial charge is 0.520 e.